The zero-order valence-corrected chi connectivity index (χ0v) is 17.8. The molecule has 33 heavy (non-hydrogen) atoms. The van der Waals surface area contributed by atoms with Gasteiger partial charge in [0.15, 0.2) is 0 Å². The van der Waals surface area contributed by atoms with Gasteiger partial charge >= 0.3 is 5.96 Å². The van der Waals surface area contributed by atoms with E-state index in [0.29, 0.717) is 23.9 Å². The van der Waals surface area contributed by atoms with Crippen LogP contribution in [-0.4, -0.2) is 45.4 Å². The van der Waals surface area contributed by atoms with E-state index in [1.54, 1.807) is 48.5 Å². The van der Waals surface area contributed by atoms with Crippen LogP contribution in [0.5, 0.6) is 0 Å². The average molecular weight is 451 g/mol. The number of carboxylic acid groups (broad SMARTS) is 1. The normalized spacial score (nSPS) is 12.6. The quantitative estimate of drug-likeness (QED) is 0.142. The van der Waals surface area contributed by atoms with Gasteiger partial charge in [0.05, 0.1) is 23.9 Å². The molecule has 0 aliphatic heterocycles. The van der Waals surface area contributed by atoms with Gasteiger partial charge < -0.3 is 15.2 Å². The summed E-state index contributed by atoms with van der Waals surface area (Å²) in [5, 5.41) is 22.4. The summed E-state index contributed by atoms with van der Waals surface area (Å²) in [6.45, 7) is 0.324. The predicted molar refractivity (Wildman–Crippen MR) is 118 cm³/mol. The van der Waals surface area contributed by atoms with E-state index in [0.717, 1.165) is 10.2 Å². The molecule has 3 aromatic rings. The Balaban J connectivity index is 1.90. The Morgan fingerprint density at radius 3 is 2.48 bits per heavy atom. The zero-order chi connectivity index (χ0) is 23.8. The zero-order valence-electron chi connectivity index (χ0n) is 17.8. The molecule has 0 spiro atoms. The number of guanidine groups is 1. The highest BCUT2D eigenvalue weighted by atomic mass is 16.4. The van der Waals surface area contributed by atoms with Crippen molar-refractivity contribution in [3.8, 4) is 0 Å². The van der Waals surface area contributed by atoms with Crippen molar-refractivity contribution in [1.82, 2.24) is 20.3 Å². The number of nitrogens with one attached hydrogen (secondary N) is 2. The third-order valence-electron chi connectivity index (χ3n) is 5.06. The van der Waals surface area contributed by atoms with Gasteiger partial charge in [0.2, 0.25) is 5.91 Å². The minimum atomic E-state index is -1.44. The Labute approximate surface area is 189 Å². The number of fused-ring (bicyclic) bond motifs is 1. The molecule has 0 aliphatic carbocycles. The SMILES string of the molecule is NC(N)=[NH+]CCC[C@H](NC(=O)[C@H](Cc1ccccc1)n1nnc2ccccc2c1=O)C(=O)[O-]. The molecule has 2 aromatic carbocycles. The van der Waals surface area contributed by atoms with Crippen LogP contribution in [0, 0.1) is 0 Å². The lowest BCUT2D eigenvalue weighted by atomic mass is 10.0. The second-order valence-electron chi connectivity index (χ2n) is 7.47. The largest absolute Gasteiger partial charge is 0.548 e. The van der Waals surface area contributed by atoms with Crippen molar-refractivity contribution < 1.29 is 19.7 Å². The first-order valence-corrected chi connectivity index (χ1v) is 10.4. The number of nitrogens with zero attached hydrogens (tertiary/aromatic N) is 3. The van der Waals surface area contributed by atoms with Crippen LogP contribution < -0.4 is 32.4 Å². The van der Waals surface area contributed by atoms with Crippen molar-refractivity contribution in [2.45, 2.75) is 31.3 Å². The second-order valence-corrected chi connectivity index (χ2v) is 7.47. The van der Waals surface area contributed by atoms with Crippen molar-refractivity contribution in [3.05, 3.63) is 70.5 Å². The topological polar surface area (TPSA) is 183 Å². The molecule has 0 saturated heterocycles. The van der Waals surface area contributed by atoms with Crippen molar-refractivity contribution in [2.75, 3.05) is 6.54 Å². The van der Waals surface area contributed by atoms with Crippen LogP contribution in [-0.2, 0) is 16.0 Å². The molecule has 0 bridgehead atoms. The van der Waals surface area contributed by atoms with Crippen molar-refractivity contribution in [3.63, 3.8) is 0 Å². The molecule has 0 aliphatic rings. The first kappa shape index (κ1) is 23.4. The van der Waals surface area contributed by atoms with E-state index >= 15 is 0 Å². The van der Waals surface area contributed by atoms with E-state index in [1.165, 1.54) is 0 Å². The summed E-state index contributed by atoms with van der Waals surface area (Å²) >= 11 is 0. The van der Waals surface area contributed by atoms with Crippen LogP contribution in [0.3, 0.4) is 0 Å². The van der Waals surface area contributed by atoms with Gasteiger partial charge in [-0.2, -0.15) is 4.68 Å². The molecule has 0 unspecified atom stereocenters. The number of carbonyl (C=O) groups is 2. The Morgan fingerprint density at radius 2 is 1.79 bits per heavy atom. The van der Waals surface area contributed by atoms with Gasteiger partial charge in [-0.1, -0.05) is 47.7 Å². The number of benzene rings is 2. The Hall–Kier alpha value is -4.28. The monoisotopic (exact) mass is 451 g/mol. The third kappa shape index (κ3) is 6.12. The number of hydrogen-bond donors (Lipinski definition) is 4. The highest BCUT2D eigenvalue weighted by Gasteiger charge is 2.27. The maximum atomic E-state index is 13.2. The highest BCUT2D eigenvalue weighted by molar-refractivity contribution is 5.86. The molecule has 0 fully saturated rings. The summed E-state index contributed by atoms with van der Waals surface area (Å²) in [7, 11) is 0. The number of nitrogens with two attached hydrogens (primary N) is 2. The molecule has 3 rings (SSSR count). The molecule has 2 atom stereocenters. The molecule has 1 aromatic heterocycles. The smallest absolute Gasteiger partial charge is 0.338 e. The third-order valence-corrected chi connectivity index (χ3v) is 5.06. The maximum Gasteiger partial charge on any atom is 0.338 e. The van der Waals surface area contributed by atoms with Gasteiger partial charge in [-0.15, -0.1) is 5.10 Å². The van der Waals surface area contributed by atoms with Gasteiger partial charge in [0.1, 0.15) is 11.6 Å². The maximum absolute atomic E-state index is 13.2. The van der Waals surface area contributed by atoms with Crippen LogP contribution in [0.1, 0.15) is 24.4 Å². The van der Waals surface area contributed by atoms with Crippen molar-refractivity contribution in [2.24, 2.45) is 11.5 Å². The number of hydrogen-bond acceptors (Lipinski definition) is 6. The molecule has 172 valence electrons. The molecule has 0 saturated carbocycles. The summed E-state index contributed by atoms with van der Waals surface area (Å²) in [4.78, 5) is 40.6. The fraction of sp³-hybridized carbons (Fsp3) is 0.273. The lowest BCUT2D eigenvalue weighted by Crippen LogP contribution is -2.78. The minimum absolute atomic E-state index is 0.0150. The Kier molecular flexibility index (Phi) is 7.68. The van der Waals surface area contributed by atoms with Crippen LogP contribution in [0.15, 0.2) is 59.4 Å². The van der Waals surface area contributed by atoms with Crippen molar-refractivity contribution in [1.29, 1.82) is 0 Å². The Morgan fingerprint density at radius 1 is 1.09 bits per heavy atom. The molecule has 11 nitrogen and oxygen atoms in total. The van der Waals surface area contributed by atoms with Gasteiger partial charge in [-0.25, -0.2) is 0 Å². The number of aromatic nitrogens is 3. The second kappa shape index (κ2) is 10.8. The summed E-state index contributed by atoms with van der Waals surface area (Å²) in [6, 6.07) is 13.3. The molecular weight excluding hydrogens is 426 g/mol. The standard InChI is InChI=1S/C22H25N7O4/c23-22(24)25-12-6-11-17(21(32)33)26-19(30)18(13-14-7-2-1-3-8-14)29-20(31)15-9-4-5-10-16(15)27-28-29/h1-5,7-10,17-18H,6,11-13H2,(H,26,30)(H,32,33)(H4,23,24,25)/t17-,18-/m0/s1. The molecular formula is C22H25N7O4. The van der Waals surface area contributed by atoms with Gasteiger partial charge in [0.25, 0.3) is 5.56 Å². The van der Waals surface area contributed by atoms with Gasteiger partial charge in [-0.3, -0.25) is 26.0 Å². The van der Waals surface area contributed by atoms with Crippen LogP contribution in [0.25, 0.3) is 10.9 Å². The van der Waals surface area contributed by atoms with Crippen molar-refractivity contribution >= 4 is 28.7 Å². The number of rotatable bonds is 10. The molecule has 11 heteroatoms. The fourth-order valence-corrected chi connectivity index (χ4v) is 3.39. The minimum Gasteiger partial charge on any atom is -0.548 e. The lowest BCUT2D eigenvalue weighted by molar-refractivity contribution is -0.459. The number of carbonyl (C=O) groups excluding carboxylic acids is 2. The summed E-state index contributed by atoms with van der Waals surface area (Å²) in [6.07, 6.45) is 0.542. The lowest BCUT2D eigenvalue weighted by Gasteiger charge is -2.24. The molecule has 6 N–H and O–H groups in total. The number of aliphatic carboxylic acids is 1. The molecule has 1 heterocycles. The van der Waals surface area contributed by atoms with E-state index in [4.69, 9.17) is 11.5 Å². The summed E-state index contributed by atoms with van der Waals surface area (Å²) in [5.74, 6) is -2.11. The predicted octanol–water partition coefficient (Wildman–Crippen LogP) is -3.06. The first-order valence-electron chi connectivity index (χ1n) is 10.4. The van der Waals surface area contributed by atoms with E-state index in [9.17, 15) is 19.5 Å². The number of carboxylic acids is 1. The van der Waals surface area contributed by atoms with Crippen LogP contribution in [0.4, 0.5) is 0 Å². The fourth-order valence-electron chi connectivity index (χ4n) is 3.39. The first-order chi connectivity index (χ1) is 15.9. The summed E-state index contributed by atoms with van der Waals surface area (Å²) in [5.41, 5.74) is 11.3. The Bertz CT molecular complexity index is 1210. The number of amides is 1. The van der Waals surface area contributed by atoms with Gasteiger partial charge in [-0.05, 0) is 30.5 Å². The van der Waals surface area contributed by atoms with E-state index in [-0.39, 0.29) is 18.8 Å². The van der Waals surface area contributed by atoms with E-state index < -0.39 is 29.5 Å². The van der Waals surface area contributed by atoms with E-state index in [1.807, 2.05) is 6.07 Å². The van der Waals surface area contributed by atoms with Gasteiger partial charge in [0, 0.05) is 6.42 Å². The average Bonchev–Trinajstić information content (AvgIpc) is 2.80. The van der Waals surface area contributed by atoms with Crippen LogP contribution in [0.2, 0.25) is 0 Å². The molecule has 0 radical (unpaired) electrons. The molecule has 1 amide bonds. The highest BCUT2D eigenvalue weighted by Crippen LogP contribution is 2.14. The summed E-state index contributed by atoms with van der Waals surface area (Å²) < 4.78 is 0.989. The van der Waals surface area contributed by atoms with E-state index in [2.05, 4.69) is 20.6 Å². The van der Waals surface area contributed by atoms with Crippen LogP contribution >= 0.6 is 0 Å².